The van der Waals surface area contributed by atoms with Crippen LogP contribution >= 0.6 is 0 Å². The molecule has 1 aromatic rings. The second kappa shape index (κ2) is 7.68. The smallest absolute Gasteiger partial charge is 0.321 e. The van der Waals surface area contributed by atoms with Crippen molar-refractivity contribution < 1.29 is 17.9 Å². The van der Waals surface area contributed by atoms with Gasteiger partial charge in [0, 0.05) is 31.1 Å². The average molecular weight is 340 g/mol. The van der Waals surface area contributed by atoms with E-state index in [2.05, 4.69) is 12.2 Å². The first-order valence-corrected chi connectivity index (χ1v) is 9.86. The van der Waals surface area contributed by atoms with Crippen LogP contribution in [0.3, 0.4) is 0 Å². The third kappa shape index (κ3) is 6.09. The van der Waals surface area contributed by atoms with E-state index in [9.17, 15) is 13.2 Å². The van der Waals surface area contributed by atoms with E-state index in [0.717, 1.165) is 25.9 Å². The number of benzene rings is 1. The molecule has 128 valence electrons. The molecule has 0 bridgehead atoms. The number of nitrogens with one attached hydrogen (secondary N) is 1. The Morgan fingerprint density at radius 1 is 1.43 bits per heavy atom. The lowest BCUT2D eigenvalue weighted by Crippen LogP contribution is -2.41. The Bertz CT molecular complexity index is 645. The molecule has 2 amide bonds. The van der Waals surface area contributed by atoms with E-state index in [1.807, 2.05) is 4.90 Å². The summed E-state index contributed by atoms with van der Waals surface area (Å²) in [6, 6.07) is 6.89. The van der Waals surface area contributed by atoms with Crippen LogP contribution in [0.1, 0.15) is 19.8 Å². The third-order valence-corrected chi connectivity index (χ3v) is 4.66. The first-order valence-electron chi connectivity index (χ1n) is 7.80. The second-order valence-corrected chi connectivity index (χ2v) is 8.39. The van der Waals surface area contributed by atoms with Gasteiger partial charge in [-0.15, -0.1) is 0 Å². The molecule has 1 heterocycles. The Morgan fingerprint density at radius 2 is 2.22 bits per heavy atom. The van der Waals surface area contributed by atoms with Gasteiger partial charge in [-0.05, 0) is 30.9 Å². The van der Waals surface area contributed by atoms with Gasteiger partial charge in [-0.1, -0.05) is 13.0 Å². The molecular weight excluding hydrogens is 316 g/mol. The van der Waals surface area contributed by atoms with Gasteiger partial charge in [0.1, 0.15) is 12.4 Å². The van der Waals surface area contributed by atoms with Crippen molar-refractivity contribution in [3.05, 3.63) is 24.3 Å². The van der Waals surface area contributed by atoms with Gasteiger partial charge in [-0.25, -0.2) is 13.2 Å². The summed E-state index contributed by atoms with van der Waals surface area (Å²) in [7, 11) is -3.04. The summed E-state index contributed by atoms with van der Waals surface area (Å²) in [6.45, 7) is 3.80. The molecule has 1 saturated heterocycles. The van der Waals surface area contributed by atoms with Crippen LogP contribution in [0.5, 0.6) is 5.75 Å². The van der Waals surface area contributed by atoms with Crippen molar-refractivity contribution in [2.24, 2.45) is 5.92 Å². The van der Waals surface area contributed by atoms with E-state index < -0.39 is 9.84 Å². The zero-order valence-corrected chi connectivity index (χ0v) is 14.4. The van der Waals surface area contributed by atoms with E-state index in [0.29, 0.717) is 17.4 Å². The molecule has 0 aromatic heterocycles. The van der Waals surface area contributed by atoms with Crippen LogP contribution in [-0.2, 0) is 9.84 Å². The Balaban J connectivity index is 1.90. The zero-order valence-electron chi connectivity index (χ0n) is 13.6. The number of carbonyl (C=O) groups is 1. The lowest BCUT2D eigenvalue weighted by molar-refractivity contribution is 0.182. The highest BCUT2D eigenvalue weighted by molar-refractivity contribution is 7.90. The summed E-state index contributed by atoms with van der Waals surface area (Å²) < 4.78 is 27.6. The number of hydrogen-bond donors (Lipinski definition) is 1. The molecule has 0 unspecified atom stereocenters. The lowest BCUT2D eigenvalue weighted by atomic mass is 10.0. The van der Waals surface area contributed by atoms with Crippen molar-refractivity contribution in [3.63, 3.8) is 0 Å². The lowest BCUT2D eigenvalue weighted by Gasteiger charge is -2.30. The molecular formula is C16H24N2O4S. The fraction of sp³-hybridized carbons (Fsp3) is 0.562. The van der Waals surface area contributed by atoms with Gasteiger partial charge in [-0.2, -0.15) is 0 Å². The standard InChI is InChI=1S/C16H24N2O4S/c1-13-5-4-8-18(12-13)16(19)17-14-6-3-7-15(11-14)22-9-10-23(2,20)21/h3,6-7,11,13H,4-5,8-10,12H2,1-2H3,(H,17,19)/t13-/m0/s1. The molecule has 0 radical (unpaired) electrons. The van der Waals surface area contributed by atoms with Crippen molar-refractivity contribution in [1.82, 2.24) is 4.90 Å². The van der Waals surface area contributed by atoms with Crippen LogP contribution in [-0.4, -0.2) is 51.1 Å². The third-order valence-electron chi connectivity index (χ3n) is 3.75. The Kier molecular flexibility index (Phi) is 5.87. The summed E-state index contributed by atoms with van der Waals surface area (Å²) >= 11 is 0. The number of likely N-dealkylation sites (tertiary alicyclic amines) is 1. The van der Waals surface area contributed by atoms with Crippen LogP contribution in [0.15, 0.2) is 24.3 Å². The number of hydrogen-bond acceptors (Lipinski definition) is 4. The van der Waals surface area contributed by atoms with Gasteiger partial charge in [0.05, 0.1) is 5.75 Å². The topological polar surface area (TPSA) is 75.7 Å². The molecule has 7 heteroatoms. The molecule has 1 atom stereocenters. The van der Waals surface area contributed by atoms with E-state index in [-0.39, 0.29) is 18.4 Å². The Labute approximate surface area is 137 Å². The van der Waals surface area contributed by atoms with Crippen molar-refractivity contribution in [2.75, 3.05) is 37.0 Å². The fourth-order valence-electron chi connectivity index (χ4n) is 2.55. The monoisotopic (exact) mass is 340 g/mol. The fourth-order valence-corrected chi connectivity index (χ4v) is 2.94. The number of rotatable bonds is 5. The molecule has 6 nitrogen and oxygen atoms in total. The molecule has 1 aromatic carbocycles. The van der Waals surface area contributed by atoms with Gasteiger partial charge in [0.15, 0.2) is 9.84 Å². The quantitative estimate of drug-likeness (QED) is 0.893. The van der Waals surface area contributed by atoms with Gasteiger partial charge in [-0.3, -0.25) is 0 Å². The van der Waals surface area contributed by atoms with E-state index in [1.54, 1.807) is 24.3 Å². The van der Waals surface area contributed by atoms with Crippen molar-refractivity contribution in [3.8, 4) is 5.75 Å². The average Bonchev–Trinajstić information content (AvgIpc) is 2.46. The minimum absolute atomic E-state index is 0.0325. The largest absolute Gasteiger partial charge is 0.492 e. The highest BCUT2D eigenvalue weighted by atomic mass is 32.2. The number of ether oxygens (including phenoxy) is 1. The van der Waals surface area contributed by atoms with Crippen LogP contribution in [0.4, 0.5) is 10.5 Å². The minimum Gasteiger partial charge on any atom is -0.492 e. The number of sulfone groups is 1. The number of anilines is 1. The summed E-state index contributed by atoms with van der Waals surface area (Å²) in [4.78, 5) is 14.1. The molecule has 0 spiro atoms. The second-order valence-electron chi connectivity index (χ2n) is 6.13. The number of carbonyl (C=O) groups excluding carboxylic acids is 1. The van der Waals surface area contributed by atoms with Gasteiger partial charge >= 0.3 is 6.03 Å². The predicted molar refractivity (Wildman–Crippen MR) is 90.6 cm³/mol. The van der Waals surface area contributed by atoms with Crippen molar-refractivity contribution in [2.45, 2.75) is 19.8 Å². The maximum Gasteiger partial charge on any atom is 0.321 e. The number of amides is 2. The summed E-state index contributed by atoms with van der Waals surface area (Å²) in [5.74, 6) is 1.04. The summed E-state index contributed by atoms with van der Waals surface area (Å²) in [5.41, 5.74) is 0.644. The summed E-state index contributed by atoms with van der Waals surface area (Å²) in [6.07, 6.45) is 3.36. The highest BCUT2D eigenvalue weighted by Gasteiger charge is 2.20. The van der Waals surface area contributed by atoms with Crippen LogP contribution < -0.4 is 10.1 Å². The Hall–Kier alpha value is -1.76. The number of urea groups is 1. The van der Waals surface area contributed by atoms with Gasteiger partial charge < -0.3 is 15.0 Å². The molecule has 1 aliphatic rings. The van der Waals surface area contributed by atoms with Crippen molar-refractivity contribution >= 4 is 21.6 Å². The maximum atomic E-state index is 12.3. The summed E-state index contributed by atoms with van der Waals surface area (Å²) in [5, 5.41) is 2.87. The first-order chi connectivity index (χ1) is 10.8. The zero-order chi connectivity index (χ0) is 16.9. The van der Waals surface area contributed by atoms with E-state index >= 15 is 0 Å². The molecule has 0 saturated carbocycles. The molecule has 1 aliphatic heterocycles. The van der Waals surface area contributed by atoms with Crippen LogP contribution in [0.25, 0.3) is 0 Å². The van der Waals surface area contributed by atoms with Crippen LogP contribution in [0, 0.1) is 5.92 Å². The normalized spacial score (nSPS) is 18.5. The van der Waals surface area contributed by atoms with Gasteiger partial charge in [0.25, 0.3) is 0 Å². The molecule has 0 aliphatic carbocycles. The molecule has 23 heavy (non-hydrogen) atoms. The highest BCUT2D eigenvalue weighted by Crippen LogP contribution is 2.20. The maximum absolute atomic E-state index is 12.3. The predicted octanol–water partition coefficient (Wildman–Crippen LogP) is 2.37. The van der Waals surface area contributed by atoms with Crippen LogP contribution in [0.2, 0.25) is 0 Å². The Morgan fingerprint density at radius 3 is 2.91 bits per heavy atom. The van der Waals surface area contributed by atoms with Crippen molar-refractivity contribution in [1.29, 1.82) is 0 Å². The van der Waals surface area contributed by atoms with E-state index in [1.165, 1.54) is 6.26 Å². The minimum atomic E-state index is -3.04. The number of piperidine rings is 1. The molecule has 1 N–H and O–H groups in total. The molecule has 1 fully saturated rings. The SMILES string of the molecule is C[C@H]1CCCN(C(=O)Nc2cccc(OCCS(C)(=O)=O)c2)C1. The first kappa shape index (κ1) is 17.6. The van der Waals surface area contributed by atoms with E-state index in [4.69, 9.17) is 4.74 Å². The number of nitrogens with zero attached hydrogens (tertiary/aromatic N) is 1. The molecule has 2 rings (SSSR count). The van der Waals surface area contributed by atoms with Gasteiger partial charge in [0.2, 0.25) is 0 Å².